The molecule has 2 aliphatic heterocycles. The van der Waals surface area contributed by atoms with E-state index < -0.39 is 0 Å². The smallest absolute Gasteiger partial charge is 0.274 e. The van der Waals surface area contributed by atoms with Crippen LogP contribution in [-0.2, 0) is 13.6 Å². The standard InChI is InChI=1S/C19H20N4O/c1-21-15(11-20)8-9-18(21)19(24)23-13-16-6-4-10-22(16)12-14-5-2-3-7-17(14)23/h2-3,5,7-9,16H,4,6,10,12-13H2,1H3. The lowest BCUT2D eigenvalue weighted by Gasteiger charge is -2.26. The number of para-hydroxylation sites is 1. The number of rotatable bonds is 1. The molecule has 1 saturated heterocycles. The fourth-order valence-electron chi connectivity index (χ4n) is 3.91. The Kier molecular flexibility index (Phi) is 3.62. The first-order valence-corrected chi connectivity index (χ1v) is 8.38. The van der Waals surface area contributed by atoms with Crippen LogP contribution < -0.4 is 4.90 Å². The first-order valence-electron chi connectivity index (χ1n) is 8.38. The summed E-state index contributed by atoms with van der Waals surface area (Å²) in [7, 11) is 1.78. The Balaban J connectivity index is 1.76. The van der Waals surface area contributed by atoms with E-state index in [1.165, 1.54) is 12.0 Å². The number of amides is 1. The molecule has 5 heteroatoms. The predicted octanol–water partition coefficient (Wildman–Crippen LogP) is 2.52. The van der Waals surface area contributed by atoms with Gasteiger partial charge in [-0.25, -0.2) is 0 Å². The van der Waals surface area contributed by atoms with Gasteiger partial charge in [0.1, 0.15) is 17.5 Å². The zero-order valence-electron chi connectivity index (χ0n) is 13.8. The number of carbonyl (C=O) groups excluding carboxylic acids is 1. The lowest BCUT2D eigenvalue weighted by Crippen LogP contribution is -2.41. The zero-order valence-corrected chi connectivity index (χ0v) is 13.8. The summed E-state index contributed by atoms with van der Waals surface area (Å²) < 4.78 is 1.68. The SMILES string of the molecule is Cn1c(C#N)ccc1C(=O)N1CC2CCCN2Cc2ccccc21. The van der Waals surface area contributed by atoms with Crippen molar-refractivity contribution in [3.8, 4) is 6.07 Å². The summed E-state index contributed by atoms with van der Waals surface area (Å²) in [4.78, 5) is 17.6. The van der Waals surface area contributed by atoms with Gasteiger partial charge in [-0.3, -0.25) is 9.69 Å². The monoisotopic (exact) mass is 320 g/mol. The van der Waals surface area contributed by atoms with Crippen LogP contribution in [0.25, 0.3) is 0 Å². The van der Waals surface area contributed by atoms with Crippen LogP contribution in [0.1, 0.15) is 34.6 Å². The molecule has 1 atom stereocenters. The molecule has 3 heterocycles. The Labute approximate surface area is 141 Å². The summed E-state index contributed by atoms with van der Waals surface area (Å²) in [5.41, 5.74) is 3.26. The van der Waals surface area contributed by atoms with Gasteiger partial charge in [0.2, 0.25) is 0 Å². The third kappa shape index (κ3) is 2.31. The Morgan fingerprint density at radius 1 is 1.25 bits per heavy atom. The van der Waals surface area contributed by atoms with Crippen molar-refractivity contribution in [2.75, 3.05) is 18.0 Å². The van der Waals surface area contributed by atoms with Gasteiger partial charge in [0.15, 0.2) is 0 Å². The van der Waals surface area contributed by atoms with Crippen LogP contribution in [0.2, 0.25) is 0 Å². The second-order valence-corrected chi connectivity index (χ2v) is 6.59. The molecule has 1 unspecified atom stereocenters. The van der Waals surface area contributed by atoms with E-state index >= 15 is 0 Å². The number of anilines is 1. The number of carbonyl (C=O) groups is 1. The number of hydrogen-bond donors (Lipinski definition) is 0. The van der Waals surface area contributed by atoms with Gasteiger partial charge in [-0.2, -0.15) is 5.26 Å². The van der Waals surface area contributed by atoms with Crippen LogP contribution in [-0.4, -0.2) is 34.5 Å². The largest absolute Gasteiger partial charge is 0.331 e. The summed E-state index contributed by atoms with van der Waals surface area (Å²) >= 11 is 0. The average molecular weight is 320 g/mol. The Hall–Kier alpha value is -2.58. The number of benzene rings is 1. The molecule has 0 bridgehead atoms. The van der Waals surface area contributed by atoms with Crippen molar-refractivity contribution < 1.29 is 4.79 Å². The molecule has 0 N–H and O–H groups in total. The van der Waals surface area contributed by atoms with Crippen molar-refractivity contribution in [3.05, 3.63) is 53.3 Å². The number of hydrogen-bond acceptors (Lipinski definition) is 3. The van der Waals surface area contributed by atoms with Crippen molar-refractivity contribution >= 4 is 11.6 Å². The quantitative estimate of drug-likeness (QED) is 0.811. The summed E-state index contributed by atoms with van der Waals surface area (Å²) in [6.07, 6.45) is 2.33. The molecule has 1 aromatic carbocycles. The van der Waals surface area contributed by atoms with Gasteiger partial charge in [0.05, 0.1) is 0 Å². The van der Waals surface area contributed by atoms with Gasteiger partial charge in [-0.1, -0.05) is 18.2 Å². The van der Waals surface area contributed by atoms with E-state index in [1.54, 1.807) is 23.7 Å². The number of nitrogens with zero attached hydrogens (tertiary/aromatic N) is 4. The zero-order chi connectivity index (χ0) is 16.7. The number of nitriles is 1. The lowest BCUT2D eigenvalue weighted by atomic mass is 10.1. The van der Waals surface area contributed by atoms with Crippen molar-refractivity contribution in [1.29, 1.82) is 5.26 Å². The molecule has 1 aromatic heterocycles. The van der Waals surface area contributed by atoms with Gasteiger partial charge >= 0.3 is 0 Å². The van der Waals surface area contributed by atoms with Crippen LogP contribution in [0.15, 0.2) is 36.4 Å². The van der Waals surface area contributed by atoms with E-state index in [0.29, 0.717) is 24.0 Å². The van der Waals surface area contributed by atoms with E-state index in [0.717, 1.165) is 25.2 Å². The van der Waals surface area contributed by atoms with E-state index in [-0.39, 0.29) is 5.91 Å². The summed E-state index contributed by atoms with van der Waals surface area (Å²) in [6, 6.07) is 14.2. The van der Waals surface area contributed by atoms with Crippen molar-refractivity contribution in [1.82, 2.24) is 9.47 Å². The van der Waals surface area contributed by atoms with Gasteiger partial charge < -0.3 is 9.47 Å². The van der Waals surface area contributed by atoms with E-state index in [1.807, 2.05) is 23.1 Å². The van der Waals surface area contributed by atoms with Crippen LogP contribution in [0.4, 0.5) is 5.69 Å². The highest BCUT2D eigenvalue weighted by Crippen LogP contribution is 2.32. The minimum atomic E-state index is -0.0276. The molecule has 1 fully saturated rings. The highest BCUT2D eigenvalue weighted by atomic mass is 16.2. The number of aromatic nitrogens is 1. The molecule has 122 valence electrons. The molecule has 24 heavy (non-hydrogen) atoms. The molecule has 0 saturated carbocycles. The first kappa shape index (κ1) is 15.0. The van der Waals surface area contributed by atoms with Gasteiger partial charge in [-0.15, -0.1) is 0 Å². The van der Waals surface area contributed by atoms with Crippen LogP contribution in [0, 0.1) is 11.3 Å². The molecular formula is C19H20N4O. The topological polar surface area (TPSA) is 52.3 Å². The molecule has 4 rings (SSSR count). The third-order valence-electron chi connectivity index (χ3n) is 5.25. The van der Waals surface area contributed by atoms with Crippen molar-refractivity contribution in [2.24, 2.45) is 7.05 Å². The molecule has 5 nitrogen and oxygen atoms in total. The van der Waals surface area contributed by atoms with E-state index in [4.69, 9.17) is 5.26 Å². The number of fused-ring (bicyclic) bond motifs is 2. The minimum absolute atomic E-state index is 0.0276. The summed E-state index contributed by atoms with van der Waals surface area (Å²) in [5.74, 6) is -0.0276. The maximum absolute atomic E-state index is 13.2. The van der Waals surface area contributed by atoms with Crippen LogP contribution in [0.5, 0.6) is 0 Å². The van der Waals surface area contributed by atoms with E-state index in [9.17, 15) is 4.79 Å². The minimum Gasteiger partial charge on any atom is -0.331 e. The van der Waals surface area contributed by atoms with Gasteiger partial charge in [0.25, 0.3) is 5.91 Å². The second-order valence-electron chi connectivity index (χ2n) is 6.59. The van der Waals surface area contributed by atoms with Gasteiger partial charge in [-0.05, 0) is 43.1 Å². The maximum atomic E-state index is 13.2. The molecule has 0 spiro atoms. The predicted molar refractivity (Wildman–Crippen MR) is 91.7 cm³/mol. The maximum Gasteiger partial charge on any atom is 0.274 e. The fraction of sp³-hybridized carbons (Fsp3) is 0.368. The Bertz CT molecular complexity index is 832. The lowest BCUT2D eigenvalue weighted by molar-refractivity contribution is 0.0973. The van der Waals surface area contributed by atoms with Crippen molar-refractivity contribution in [2.45, 2.75) is 25.4 Å². The average Bonchev–Trinajstić information content (AvgIpc) is 3.15. The van der Waals surface area contributed by atoms with Crippen LogP contribution in [0.3, 0.4) is 0 Å². The summed E-state index contributed by atoms with van der Waals surface area (Å²) in [6.45, 7) is 2.72. The van der Waals surface area contributed by atoms with Crippen LogP contribution >= 0.6 is 0 Å². The molecule has 1 amide bonds. The molecule has 2 aromatic rings. The molecule has 2 aliphatic rings. The molecule has 0 radical (unpaired) electrons. The summed E-state index contributed by atoms with van der Waals surface area (Å²) in [5, 5.41) is 9.15. The Morgan fingerprint density at radius 3 is 2.88 bits per heavy atom. The van der Waals surface area contributed by atoms with Gasteiger partial charge in [0, 0.05) is 31.9 Å². The Morgan fingerprint density at radius 2 is 2.08 bits per heavy atom. The molecular weight excluding hydrogens is 300 g/mol. The highest BCUT2D eigenvalue weighted by Gasteiger charge is 2.34. The first-order chi connectivity index (χ1) is 11.7. The molecule has 0 aliphatic carbocycles. The normalized spacial score (nSPS) is 20.2. The second kappa shape index (κ2) is 5.81. The van der Waals surface area contributed by atoms with E-state index in [2.05, 4.69) is 17.0 Å². The fourth-order valence-corrected chi connectivity index (χ4v) is 3.91. The third-order valence-corrected chi connectivity index (χ3v) is 5.25. The van der Waals surface area contributed by atoms with Crippen molar-refractivity contribution in [3.63, 3.8) is 0 Å². The highest BCUT2D eigenvalue weighted by molar-refractivity contribution is 6.05.